The number of hydrogen-bond donors (Lipinski definition) is 1. The van der Waals surface area contributed by atoms with E-state index < -0.39 is 16.3 Å². The number of benzene rings is 2. The Morgan fingerprint density at radius 3 is 2.77 bits per heavy atom. The van der Waals surface area contributed by atoms with E-state index in [1.165, 1.54) is 37.7 Å². The van der Waals surface area contributed by atoms with Gasteiger partial charge in [-0.05, 0) is 23.8 Å². The summed E-state index contributed by atoms with van der Waals surface area (Å²) in [6, 6.07) is 7.15. The Balaban J connectivity index is 2.03. The highest BCUT2D eigenvalue weighted by Crippen LogP contribution is 2.31. The van der Waals surface area contributed by atoms with Crippen molar-refractivity contribution in [1.82, 2.24) is 9.97 Å². The molecule has 26 heavy (non-hydrogen) atoms. The molecule has 0 bridgehead atoms. The number of ether oxygens (including phenoxy) is 1. The summed E-state index contributed by atoms with van der Waals surface area (Å²) in [5.41, 5.74) is 0.537. The number of hydrogen-bond acceptors (Lipinski definition) is 6. The number of halogens is 1. The summed E-state index contributed by atoms with van der Waals surface area (Å²) in [5.74, 6) is -0.392. The molecule has 0 spiro atoms. The second kappa shape index (κ2) is 6.79. The number of aromatic amines is 1. The molecule has 1 heterocycles. The summed E-state index contributed by atoms with van der Waals surface area (Å²) < 4.78 is 18.7. The Labute approximate surface area is 147 Å². The summed E-state index contributed by atoms with van der Waals surface area (Å²) in [7, 11) is 3.01. The lowest BCUT2D eigenvalue weighted by atomic mass is 10.1. The van der Waals surface area contributed by atoms with Crippen molar-refractivity contribution in [3.05, 3.63) is 68.5 Å². The van der Waals surface area contributed by atoms with Crippen molar-refractivity contribution in [1.29, 1.82) is 0 Å². The normalized spacial score (nSPS) is 10.7. The van der Waals surface area contributed by atoms with Crippen molar-refractivity contribution in [2.75, 3.05) is 19.1 Å². The molecular formula is C17H15FN4O4. The highest BCUT2D eigenvalue weighted by Gasteiger charge is 2.20. The molecule has 9 heteroatoms. The van der Waals surface area contributed by atoms with Gasteiger partial charge in [0.05, 0.1) is 29.3 Å². The van der Waals surface area contributed by atoms with Gasteiger partial charge in [0.25, 0.3) is 11.2 Å². The molecule has 0 unspecified atom stereocenters. The van der Waals surface area contributed by atoms with Gasteiger partial charge in [0.1, 0.15) is 5.69 Å². The van der Waals surface area contributed by atoms with Crippen molar-refractivity contribution in [2.24, 2.45) is 0 Å². The number of nitro benzene ring substituents is 1. The Morgan fingerprint density at radius 2 is 2.12 bits per heavy atom. The average molecular weight is 358 g/mol. The van der Waals surface area contributed by atoms with Gasteiger partial charge >= 0.3 is 0 Å². The molecule has 2 aromatic carbocycles. The Hall–Kier alpha value is -3.49. The molecule has 3 rings (SSSR count). The number of nitro groups is 1. The molecule has 0 radical (unpaired) electrons. The Kier molecular flexibility index (Phi) is 4.53. The van der Waals surface area contributed by atoms with Crippen molar-refractivity contribution in [2.45, 2.75) is 6.54 Å². The minimum atomic E-state index is -0.563. The van der Waals surface area contributed by atoms with Gasteiger partial charge in [-0.3, -0.25) is 14.9 Å². The van der Waals surface area contributed by atoms with Crippen LogP contribution in [0.3, 0.4) is 0 Å². The van der Waals surface area contributed by atoms with Crippen LogP contribution in [-0.2, 0) is 6.54 Å². The molecule has 0 saturated heterocycles. The van der Waals surface area contributed by atoms with Crippen molar-refractivity contribution >= 4 is 22.3 Å². The second-order valence-electron chi connectivity index (χ2n) is 5.67. The van der Waals surface area contributed by atoms with Gasteiger partial charge in [-0.25, -0.2) is 9.37 Å². The number of H-pyrrole nitrogens is 1. The van der Waals surface area contributed by atoms with Crippen LogP contribution in [0.2, 0.25) is 0 Å². The summed E-state index contributed by atoms with van der Waals surface area (Å²) in [5, 5.41) is 11.6. The van der Waals surface area contributed by atoms with Crippen molar-refractivity contribution < 1.29 is 14.1 Å². The van der Waals surface area contributed by atoms with Crippen molar-refractivity contribution in [3.8, 4) is 5.75 Å². The fourth-order valence-electron chi connectivity index (χ4n) is 2.71. The van der Waals surface area contributed by atoms with E-state index >= 15 is 0 Å². The van der Waals surface area contributed by atoms with Crippen LogP contribution in [0.4, 0.5) is 15.8 Å². The summed E-state index contributed by atoms with van der Waals surface area (Å²) in [6.45, 7) is 0.219. The first-order valence-electron chi connectivity index (χ1n) is 7.60. The summed E-state index contributed by atoms with van der Waals surface area (Å²) in [4.78, 5) is 30.8. The number of aromatic nitrogens is 2. The lowest BCUT2D eigenvalue weighted by Crippen LogP contribution is -2.18. The van der Waals surface area contributed by atoms with E-state index in [-0.39, 0.29) is 29.1 Å². The molecule has 0 aliphatic carbocycles. The van der Waals surface area contributed by atoms with Gasteiger partial charge in [-0.2, -0.15) is 0 Å². The van der Waals surface area contributed by atoms with E-state index in [0.29, 0.717) is 11.1 Å². The molecule has 134 valence electrons. The average Bonchev–Trinajstić information content (AvgIpc) is 2.61. The molecule has 0 amide bonds. The van der Waals surface area contributed by atoms with Gasteiger partial charge in [0, 0.05) is 19.7 Å². The quantitative estimate of drug-likeness (QED) is 0.556. The van der Waals surface area contributed by atoms with Crippen LogP contribution in [0.15, 0.2) is 41.5 Å². The van der Waals surface area contributed by atoms with Crippen LogP contribution in [0.1, 0.15) is 5.56 Å². The van der Waals surface area contributed by atoms with Crippen LogP contribution in [0.25, 0.3) is 10.9 Å². The van der Waals surface area contributed by atoms with Crippen LogP contribution in [0, 0.1) is 15.9 Å². The molecule has 1 aromatic heterocycles. The number of methoxy groups -OCH3 is 1. The smallest absolute Gasteiger partial charge is 0.293 e. The van der Waals surface area contributed by atoms with E-state index in [0.717, 1.165) is 0 Å². The minimum absolute atomic E-state index is 0.122. The fourth-order valence-corrected chi connectivity index (χ4v) is 2.71. The van der Waals surface area contributed by atoms with E-state index in [4.69, 9.17) is 4.74 Å². The van der Waals surface area contributed by atoms with Crippen LogP contribution < -0.4 is 15.2 Å². The summed E-state index contributed by atoms with van der Waals surface area (Å²) in [6.07, 6.45) is 1.24. The number of nitrogens with one attached hydrogen (secondary N) is 1. The van der Waals surface area contributed by atoms with Crippen molar-refractivity contribution in [3.63, 3.8) is 0 Å². The zero-order valence-corrected chi connectivity index (χ0v) is 14.0. The lowest BCUT2D eigenvalue weighted by Gasteiger charge is -2.20. The first-order valence-corrected chi connectivity index (χ1v) is 7.60. The zero-order valence-electron chi connectivity index (χ0n) is 14.0. The number of nitrogens with zero attached hydrogens (tertiary/aromatic N) is 3. The molecule has 8 nitrogen and oxygen atoms in total. The van der Waals surface area contributed by atoms with Gasteiger partial charge in [-0.15, -0.1) is 0 Å². The second-order valence-corrected chi connectivity index (χ2v) is 5.67. The lowest BCUT2D eigenvalue weighted by molar-refractivity contribution is -0.384. The molecule has 1 N–H and O–H groups in total. The van der Waals surface area contributed by atoms with E-state index in [9.17, 15) is 19.3 Å². The van der Waals surface area contributed by atoms with Gasteiger partial charge in [-0.1, -0.05) is 6.07 Å². The number of fused-ring (bicyclic) bond motifs is 1. The number of rotatable bonds is 5. The molecule has 3 aromatic rings. The van der Waals surface area contributed by atoms with Gasteiger partial charge in [0.15, 0.2) is 11.6 Å². The number of anilines is 1. The third-order valence-electron chi connectivity index (χ3n) is 3.98. The Morgan fingerprint density at radius 1 is 1.35 bits per heavy atom. The van der Waals surface area contributed by atoms with E-state index in [1.54, 1.807) is 18.0 Å². The van der Waals surface area contributed by atoms with Gasteiger partial charge in [0.2, 0.25) is 0 Å². The fraction of sp³-hybridized carbons (Fsp3) is 0.176. The highest BCUT2D eigenvalue weighted by molar-refractivity contribution is 5.86. The van der Waals surface area contributed by atoms with E-state index in [1.807, 2.05) is 0 Å². The minimum Gasteiger partial charge on any atom is -0.494 e. The van der Waals surface area contributed by atoms with Crippen LogP contribution >= 0.6 is 0 Å². The summed E-state index contributed by atoms with van der Waals surface area (Å²) >= 11 is 0. The monoisotopic (exact) mass is 358 g/mol. The SMILES string of the molecule is COc1ccc(CN(C)c2cc3nc[nH]c(=O)c3cc2[N+](=O)[O-])cc1F. The molecule has 0 atom stereocenters. The maximum Gasteiger partial charge on any atom is 0.293 e. The van der Waals surface area contributed by atoms with E-state index in [2.05, 4.69) is 9.97 Å². The van der Waals surface area contributed by atoms with Gasteiger partial charge < -0.3 is 14.6 Å². The first kappa shape index (κ1) is 17.3. The molecule has 0 aliphatic rings. The molecular weight excluding hydrogens is 343 g/mol. The maximum atomic E-state index is 13.9. The standard InChI is InChI=1S/C17H15FN4O4/c1-21(8-10-3-4-16(26-2)12(18)5-10)14-7-13-11(6-15(14)22(24)25)17(23)20-9-19-13/h3-7,9H,8H2,1-2H3,(H,19,20,23). The third kappa shape index (κ3) is 3.18. The largest absolute Gasteiger partial charge is 0.494 e. The molecule has 0 saturated carbocycles. The maximum absolute atomic E-state index is 13.9. The third-order valence-corrected chi connectivity index (χ3v) is 3.98. The molecule has 0 fully saturated rings. The topological polar surface area (TPSA) is 101 Å². The van der Waals surface area contributed by atoms with Crippen LogP contribution in [0.5, 0.6) is 5.75 Å². The predicted molar refractivity (Wildman–Crippen MR) is 94.1 cm³/mol. The Bertz CT molecular complexity index is 1050. The highest BCUT2D eigenvalue weighted by atomic mass is 19.1. The molecule has 0 aliphatic heterocycles. The predicted octanol–water partition coefficient (Wildman–Crippen LogP) is 2.62. The first-order chi connectivity index (χ1) is 12.4. The van der Waals surface area contributed by atoms with Crippen LogP contribution in [-0.4, -0.2) is 29.0 Å². The zero-order chi connectivity index (χ0) is 18.8.